The van der Waals surface area contributed by atoms with Crippen molar-refractivity contribution in [3.8, 4) is 0 Å². The Balaban J connectivity index is 1.53. The maximum atomic E-state index is 6.27. The molecule has 0 unspecified atom stereocenters. The van der Waals surface area contributed by atoms with Gasteiger partial charge < -0.3 is 10.2 Å². The first-order valence-electron chi connectivity index (χ1n) is 7.99. The van der Waals surface area contributed by atoms with E-state index >= 15 is 0 Å². The number of thiocarbonyl (C=S) groups is 1. The van der Waals surface area contributed by atoms with Crippen molar-refractivity contribution >= 4 is 62.1 Å². The third-order valence-corrected chi connectivity index (χ3v) is 5.80. The van der Waals surface area contributed by atoms with E-state index in [1.807, 2.05) is 42.5 Å². The summed E-state index contributed by atoms with van der Waals surface area (Å²) in [7, 11) is 0. The largest absolute Gasteiger partial charge is 0.346 e. The first kappa shape index (κ1) is 18.9. The van der Waals surface area contributed by atoms with Gasteiger partial charge in [0.05, 0.1) is 0 Å². The van der Waals surface area contributed by atoms with Crippen LogP contribution in [0.1, 0.15) is 5.56 Å². The molecule has 1 aliphatic heterocycles. The van der Waals surface area contributed by atoms with Gasteiger partial charge in [-0.3, -0.25) is 4.90 Å². The standard InChI is InChI=1S/C18H18BrCl2N3S/c19-13-4-6-14(7-5-13)22-18(25)24-10-8-23(9-11-24)12-15-16(20)2-1-3-17(15)21/h1-7H,8-12H2,(H,22,25). The third-order valence-electron chi connectivity index (χ3n) is 4.20. The normalized spacial score (nSPS) is 15.2. The molecule has 0 bridgehead atoms. The van der Waals surface area contributed by atoms with Gasteiger partial charge in [0.1, 0.15) is 0 Å². The highest BCUT2D eigenvalue weighted by atomic mass is 79.9. The molecule has 1 heterocycles. The molecular formula is C18H18BrCl2N3S. The Morgan fingerprint density at radius 3 is 2.20 bits per heavy atom. The molecule has 132 valence electrons. The molecular weight excluding hydrogens is 441 g/mol. The van der Waals surface area contributed by atoms with Crippen molar-refractivity contribution in [1.82, 2.24) is 9.80 Å². The van der Waals surface area contributed by atoms with Gasteiger partial charge in [-0.05, 0) is 48.6 Å². The zero-order chi connectivity index (χ0) is 17.8. The van der Waals surface area contributed by atoms with Crippen molar-refractivity contribution in [1.29, 1.82) is 0 Å². The van der Waals surface area contributed by atoms with Crippen LogP contribution in [0.4, 0.5) is 5.69 Å². The quantitative estimate of drug-likeness (QED) is 0.631. The topological polar surface area (TPSA) is 18.5 Å². The second-order valence-corrected chi connectivity index (χ2v) is 8.02. The highest BCUT2D eigenvalue weighted by Crippen LogP contribution is 2.26. The Morgan fingerprint density at radius 2 is 1.60 bits per heavy atom. The molecule has 2 aromatic rings. The minimum Gasteiger partial charge on any atom is -0.346 e. The van der Waals surface area contributed by atoms with E-state index in [9.17, 15) is 0 Å². The number of hydrogen-bond donors (Lipinski definition) is 1. The smallest absolute Gasteiger partial charge is 0.173 e. The van der Waals surface area contributed by atoms with Crippen molar-refractivity contribution in [3.63, 3.8) is 0 Å². The SMILES string of the molecule is S=C(Nc1ccc(Br)cc1)N1CCN(Cc2c(Cl)cccc2Cl)CC1. The van der Waals surface area contributed by atoms with E-state index in [0.29, 0.717) is 0 Å². The Hall–Kier alpha value is -0.850. The summed E-state index contributed by atoms with van der Waals surface area (Å²) < 4.78 is 1.05. The summed E-state index contributed by atoms with van der Waals surface area (Å²) in [6.07, 6.45) is 0. The van der Waals surface area contributed by atoms with Gasteiger partial charge in [0.25, 0.3) is 0 Å². The third kappa shape index (κ3) is 5.08. The van der Waals surface area contributed by atoms with Gasteiger partial charge in [-0.25, -0.2) is 0 Å². The summed E-state index contributed by atoms with van der Waals surface area (Å²) in [6, 6.07) is 13.6. The highest BCUT2D eigenvalue weighted by molar-refractivity contribution is 9.10. The van der Waals surface area contributed by atoms with Crippen LogP contribution >= 0.6 is 51.3 Å². The van der Waals surface area contributed by atoms with Crippen LogP contribution in [0.15, 0.2) is 46.9 Å². The molecule has 0 amide bonds. The minimum absolute atomic E-state index is 0.724. The minimum atomic E-state index is 0.724. The second-order valence-electron chi connectivity index (χ2n) is 5.90. The van der Waals surface area contributed by atoms with Crippen LogP contribution in [0.2, 0.25) is 10.0 Å². The fourth-order valence-electron chi connectivity index (χ4n) is 2.75. The summed E-state index contributed by atoms with van der Waals surface area (Å²) in [5, 5.41) is 5.51. The molecule has 0 aliphatic carbocycles. The predicted octanol–water partition coefficient (Wildman–Crippen LogP) is 5.27. The van der Waals surface area contributed by atoms with Gasteiger partial charge in [-0.2, -0.15) is 0 Å². The zero-order valence-corrected chi connectivity index (χ0v) is 17.4. The van der Waals surface area contributed by atoms with Crippen molar-refractivity contribution in [2.45, 2.75) is 6.54 Å². The number of hydrogen-bond acceptors (Lipinski definition) is 2. The average Bonchev–Trinajstić information content (AvgIpc) is 2.61. The van der Waals surface area contributed by atoms with E-state index < -0.39 is 0 Å². The maximum Gasteiger partial charge on any atom is 0.173 e. The van der Waals surface area contributed by atoms with Crippen LogP contribution in [0.5, 0.6) is 0 Å². The molecule has 0 spiro atoms. The molecule has 1 saturated heterocycles. The van der Waals surface area contributed by atoms with Crippen LogP contribution < -0.4 is 5.32 Å². The van der Waals surface area contributed by atoms with Gasteiger partial charge in [0, 0.05) is 58.5 Å². The van der Waals surface area contributed by atoms with E-state index in [-0.39, 0.29) is 0 Å². The van der Waals surface area contributed by atoms with Gasteiger partial charge in [0.15, 0.2) is 5.11 Å². The number of halogens is 3. The Bertz CT molecular complexity index is 726. The van der Waals surface area contributed by atoms with Crippen molar-refractivity contribution in [3.05, 3.63) is 62.5 Å². The monoisotopic (exact) mass is 457 g/mol. The summed E-state index contributed by atoms with van der Waals surface area (Å²) in [5.41, 5.74) is 1.99. The number of rotatable bonds is 3. The number of piperazine rings is 1. The number of benzene rings is 2. The first-order chi connectivity index (χ1) is 12.0. The molecule has 0 saturated carbocycles. The molecule has 1 fully saturated rings. The average molecular weight is 459 g/mol. The van der Waals surface area contributed by atoms with Crippen molar-refractivity contribution < 1.29 is 0 Å². The van der Waals surface area contributed by atoms with Crippen LogP contribution in [0.25, 0.3) is 0 Å². The molecule has 2 aromatic carbocycles. The van der Waals surface area contributed by atoms with Crippen molar-refractivity contribution in [2.24, 2.45) is 0 Å². The summed E-state index contributed by atoms with van der Waals surface area (Å²) in [4.78, 5) is 4.55. The van der Waals surface area contributed by atoms with E-state index in [1.165, 1.54) is 0 Å². The lowest BCUT2D eigenvalue weighted by Crippen LogP contribution is -2.49. The summed E-state index contributed by atoms with van der Waals surface area (Å²) >= 11 is 21.5. The number of nitrogens with one attached hydrogen (secondary N) is 1. The van der Waals surface area contributed by atoms with E-state index in [2.05, 4.69) is 31.0 Å². The molecule has 0 radical (unpaired) electrons. The maximum absolute atomic E-state index is 6.27. The van der Waals surface area contributed by atoms with E-state index in [0.717, 1.165) is 63.6 Å². The van der Waals surface area contributed by atoms with Gasteiger partial charge in [0.2, 0.25) is 0 Å². The fourth-order valence-corrected chi connectivity index (χ4v) is 3.83. The second kappa shape index (κ2) is 8.69. The van der Waals surface area contributed by atoms with E-state index in [4.69, 9.17) is 35.4 Å². The lowest BCUT2D eigenvalue weighted by atomic mass is 10.2. The van der Waals surface area contributed by atoms with Gasteiger partial charge >= 0.3 is 0 Å². The number of anilines is 1. The van der Waals surface area contributed by atoms with Crippen molar-refractivity contribution in [2.75, 3.05) is 31.5 Å². The number of nitrogens with zero attached hydrogens (tertiary/aromatic N) is 2. The molecule has 0 atom stereocenters. The molecule has 0 aromatic heterocycles. The Morgan fingerprint density at radius 1 is 1.00 bits per heavy atom. The molecule has 7 heteroatoms. The summed E-state index contributed by atoms with van der Waals surface area (Å²) in [5.74, 6) is 0. The molecule has 1 aliphatic rings. The van der Waals surface area contributed by atoms with Gasteiger partial charge in [-0.15, -0.1) is 0 Å². The first-order valence-corrected chi connectivity index (χ1v) is 9.95. The van der Waals surface area contributed by atoms with Crippen LogP contribution in [0.3, 0.4) is 0 Å². The molecule has 3 rings (SSSR count). The Labute approximate surface area is 172 Å². The van der Waals surface area contributed by atoms with Gasteiger partial charge in [-0.1, -0.05) is 45.2 Å². The molecule has 1 N–H and O–H groups in total. The lowest BCUT2D eigenvalue weighted by Gasteiger charge is -2.36. The summed E-state index contributed by atoms with van der Waals surface area (Å²) in [6.45, 7) is 4.36. The predicted molar refractivity (Wildman–Crippen MR) is 114 cm³/mol. The Kier molecular flexibility index (Phi) is 6.58. The van der Waals surface area contributed by atoms with Crippen LogP contribution in [-0.4, -0.2) is 41.1 Å². The lowest BCUT2D eigenvalue weighted by molar-refractivity contribution is 0.177. The molecule has 3 nitrogen and oxygen atoms in total. The molecule has 25 heavy (non-hydrogen) atoms. The van der Waals surface area contributed by atoms with Crippen LogP contribution in [0, 0.1) is 0 Å². The zero-order valence-electron chi connectivity index (χ0n) is 13.5. The van der Waals surface area contributed by atoms with E-state index in [1.54, 1.807) is 0 Å². The van der Waals surface area contributed by atoms with Crippen LogP contribution in [-0.2, 0) is 6.54 Å². The highest BCUT2D eigenvalue weighted by Gasteiger charge is 2.20. The fraction of sp³-hybridized carbons (Fsp3) is 0.278.